The van der Waals surface area contributed by atoms with Crippen molar-refractivity contribution in [2.24, 2.45) is 0 Å². The molecule has 0 spiro atoms. The molecule has 0 aliphatic carbocycles. The first kappa shape index (κ1) is 20.3. The maximum Gasteiger partial charge on any atom is 0.341 e. The third-order valence-corrected chi connectivity index (χ3v) is 6.34. The third kappa shape index (κ3) is 4.88. The summed E-state index contributed by atoms with van der Waals surface area (Å²) in [6.45, 7) is 3.38. The van der Waals surface area contributed by atoms with Crippen molar-refractivity contribution in [2.75, 3.05) is 6.61 Å². The number of thiazole rings is 1. The number of nitrogens with zero attached hydrogens (tertiary/aromatic N) is 1. The van der Waals surface area contributed by atoms with Crippen LogP contribution in [0.1, 0.15) is 16.1 Å². The Morgan fingerprint density at radius 3 is 2.64 bits per heavy atom. The van der Waals surface area contributed by atoms with Gasteiger partial charge in [-0.05, 0) is 55.8 Å². The van der Waals surface area contributed by atoms with Crippen LogP contribution in [0.4, 0.5) is 8.78 Å². The number of hydrogen-bond acceptors (Lipinski definition) is 5. The zero-order valence-electron chi connectivity index (χ0n) is 15.2. The first-order valence-electron chi connectivity index (χ1n) is 8.33. The molecular weight excluding hydrogens is 404 g/mol. The largest absolute Gasteiger partial charge is 0.482 e. The predicted octanol–water partition coefficient (Wildman–Crippen LogP) is 5.46. The maximum absolute atomic E-state index is 13.5. The highest BCUT2D eigenvalue weighted by atomic mass is 32.2. The molecule has 2 aromatic carbocycles. The van der Waals surface area contributed by atoms with E-state index in [1.807, 2.05) is 26.0 Å². The van der Waals surface area contributed by atoms with Crippen molar-refractivity contribution in [3.8, 4) is 16.3 Å². The zero-order valence-corrected chi connectivity index (χ0v) is 16.8. The van der Waals surface area contributed by atoms with Crippen molar-refractivity contribution >= 4 is 29.1 Å². The molecule has 3 rings (SSSR count). The van der Waals surface area contributed by atoms with Crippen LogP contribution >= 0.6 is 23.1 Å². The van der Waals surface area contributed by atoms with E-state index in [0.717, 1.165) is 33.2 Å². The number of thioether (sulfide) groups is 1. The van der Waals surface area contributed by atoms with Crippen LogP contribution in [0.5, 0.6) is 5.75 Å². The molecular formula is C20H17F2NO3S2. The predicted molar refractivity (Wildman–Crippen MR) is 106 cm³/mol. The quantitative estimate of drug-likeness (QED) is 0.513. The number of ether oxygens (including phenoxy) is 1. The van der Waals surface area contributed by atoms with Crippen LogP contribution in [-0.2, 0) is 10.5 Å². The van der Waals surface area contributed by atoms with Crippen molar-refractivity contribution < 1.29 is 23.4 Å². The molecule has 8 heteroatoms. The molecule has 3 aromatic rings. The molecule has 1 N–H and O–H groups in total. The molecule has 0 saturated heterocycles. The monoisotopic (exact) mass is 421 g/mol. The van der Waals surface area contributed by atoms with Gasteiger partial charge in [-0.3, -0.25) is 0 Å². The summed E-state index contributed by atoms with van der Waals surface area (Å²) in [6, 6.07) is 9.35. The zero-order chi connectivity index (χ0) is 20.3. The Morgan fingerprint density at radius 1 is 1.18 bits per heavy atom. The van der Waals surface area contributed by atoms with Gasteiger partial charge in [-0.15, -0.1) is 23.1 Å². The smallest absolute Gasteiger partial charge is 0.341 e. The fourth-order valence-electron chi connectivity index (χ4n) is 2.48. The van der Waals surface area contributed by atoms with Gasteiger partial charge in [0.25, 0.3) is 0 Å². The van der Waals surface area contributed by atoms with Crippen LogP contribution in [0.15, 0.2) is 41.3 Å². The number of aromatic nitrogens is 1. The second kappa shape index (κ2) is 8.70. The Labute approximate surface area is 169 Å². The Bertz CT molecular complexity index is 1020. The molecule has 0 radical (unpaired) electrons. The van der Waals surface area contributed by atoms with Gasteiger partial charge in [-0.2, -0.15) is 0 Å². The van der Waals surface area contributed by atoms with Crippen molar-refractivity contribution in [1.82, 2.24) is 4.98 Å². The minimum absolute atomic E-state index is 0.375. The summed E-state index contributed by atoms with van der Waals surface area (Å²) in [5.41, 5.74) is 2.27. The van der Waals surface area contributed by atoms with E-state index in [4.69, 9.17) is 9.84 Å². The Morgan fingerprint density at radius 2 is 1.96 bits per heavy atom. The summed E-state index contributed by atoms with van der Waals surface area (Å²) in [5.74, 6) is -1.56. The van der Waals surface area contributed by atoms with E-state index in [1.54, 1.807) is 17.8 Å². The Kier molecular flexibility index (Phi) is 6.31. The number of aryl methyl sites for hydroxylation is 2. The molecule has 0 unspecified atom stereocenters. The number of halogens is 2. The topological polar surface area (TPSA) is 59.4 Å². The minimum Gasteiger partial charge on any atom is -0.482 e. The van der Waals surface area contributed by atoms with Gasteiger partial charge in [-0.25, -0.2) is 18.6 Å². The lowest BCUT2D eigenvalue weighted by Crippen LogP contribution is -2.09. The van der Waals surface area contributed by atoms with E-state index < -0.39 is 17.6 Å². The van der Waals surface area contributed by atoms with Crippen LogP contribution < -0.4 is 4.74 Å². The number of carbonyl (C=O) groups is 1. The number of carboxylic acid groups (broad SMARTS) is 1. The van der Waals surface area contributed by atoms with Gasteiger partial charge < -0.3 is 9.84 Å². The maximum atomic E-state index is 13.5. The van der Waals surface area contributed by atoms with Crippen LogP contribution in [0.3, 0.4) is 0 Å². The SMILES string of the molecule is Cc1cc(SCc2sc(-c3ccc(F)c(F)c3)nc2C)ccc1OCC(=O)O. The van der Waals surface area contributed by atoms with E-state index in [-0.39, 0.29) is 6.61 Å². The van der Waals surface area contributed by atoms with Crippen LogP contribution in [-0.4, -0.2) is 22.7 Å². The standard InChI is InChI=1S/C20H17F2NO3S2/c1-11-7-14(4-6-17(11)26-9-19(24)25)27-10-18-12(2)23-20(28-18)13-3-5-15(21)16(22)8-13/h3-8H,9-10H2,1-2H3,(H,24,25). The molecule has 4 nitrogen and oxygen atoms in total. The van der Waals surface area contributed by atoms with Crippen molar-refractivity contribution in [3.63, 3.8) is 0 Å². The third-order valence-electron chi connectivity index (χ3n) is 3.93. The molecule has 0 amide bonds. The number of aliphatic carboxylic acids is 1. The van der Waals surface area contributed by atoms with Gasteiger partial charge in [0.05, 0.1) is 5.69 Å². The van der Waals surface area contributed by atoms with Crippen LogP contribution in [0.25, 0.3) is 10.6 Å². The number of rotatable bonds is 7. The molecule has 0 aliphatic heterocycles. The molecule has 0 bridgehead atoms. The average Bonchev–Trinajstić information content (AvgIpc) is 3.02. The van der Waals surface area contributed by atoms with E-state index in [0.29, 0.717) is 22.1 Å². The van der Waals surface area contributed by atoms with Gasteiger partial charge >= 0.3 is 5.97 Å². The van der Waals surface area contributed by atoms with E-state index >= 15 is 0 Å². The van der Waals surface area contributed by atoms with Gasteiger partial charge in [0, 0.05) is 21.1 Å². The fourth-order valence-corrected chi connectivity index (χ4v) is 4.67. The van der Waals surface area contributed by atoms with Crippen LogP contribution in [0, 0.1) is 25.5 Å². The lowest BCUT2D eigenvalue weighted by molar-refractivity contribution is -0.139. The first-order chi connectivity index (χ1) is 13.3. The van der Waals surface area contributed by atoms with Gasteiger partial charge in [0.1, 0.15) is 10.8 Å². The molecule has 28 heavy (non-hydrogen) atoms. The number of hydrogen-bond donors (Lipinski definition) is 1. The fraction of sp³-hybridized carbons (Fsp3) is 0.200. The van der Waals surface area contributed by atoms with E-state index in [2.05, 4.69) is 4.98 Å². The summed E-state index contributed by atoms with van der Waals surface area (Å²) in [4.78, 5) is 17.2. The normalized spacial score (nSPS) is 10.9. The molecule has 0 fully saturated rings. The van der Waals surface area contributed by atoms with Gasteiger partial charge in [-0.1, -0.05) is 0 Å². The number of carboxylic acids is 1. The summed E-state index contributed by atoms with van der Waals surface area (Å²) in [7, 11) is 0. The van der Waals surface area contributed by atoms with Crippen molar-refractivity contribution in [2.45, 2.75) is 24.5 Å². The summed E-state index contributed by atoms with van der Waals surface area (Å²) in [5, 5.41) is 9.35. The molecule has 0 saturated carbocycles. The van der Waals surface area contributed by atoms with E-state index in [9.17, 15) is 13.6 Å². The second-order valence-corrected chi connectivity index (χ2v) is 8.19. The van der Waals surface area contributed by atoms with Crippen molar-refractivity contribution in [3.05, 3.63) is 64.2 Å². The molecule has 0 aliphatic rings. The lowest BCUT2D eigenvalue weighted by Gasteiger charge is -2.08. The molecule has 146 valence electrons. The highest BCUT2D eigenvalue weighted by molar-refractivity contribution is 7.98. The Balaban J connectivity index is 1.69. The highest BCUT2D eigenvalue weighted by Crippen LogP contribution is 2.34. The lowest BCUT2D eigenvalue weighted by atomic mass is 10.2. The summed E-state index contributed by atoms with van der Waals surface area (Å²) in [6.07, 6.45) is 0. The molecule has 1 aromatic heterocycles. The molecule has 1 heterocycles. The number of benzene rings is 2. The minimum atomic E-state index is -1.02. The van der Waals surface area contributed by atoms with Crippen LogP contribution in [0.2, 0.25) is 0 Å². The van der Waals surface area contributed by atoms with Gasteiger partial charge in [0.2, 0.25) is 0 Å². The Hall–Kier alpha value is -2.45. The summed E-state index contributed by atoms with van der Waals surface area (Å²) < 4.78 is 31.8. The average molecular weight is 421 g/mol. The van der Waals surface area contributed by atoms with Gasteiger partial charge in [0.15, 0.2) is 18.2 Å². The van der Waals surface area contributed by atoms with E-state index in [1.165, 1.54) is 17.4 Å². The highest BCUT2D eigenvalue weighted by Gasteiger charge is 2.12. The second-order valence-electron chi connectivity index (χ2n) is 6.05. The van der Waals surface area contributed by atoms with Crippen molar-refractivity contribution in [1.29, 1.82) is 0 Å². The summed E-state index contributed by atoms with van der Waals surface area (Å²) >= 11 is 3.07. The first-order valence-corrected chi connectivity index (χ1v) is 10.1. The molecule has 0 atom stereocenters.